The lowest BCUT2D eigenvalue weighted by molar-refractivity contribution is 0.138. The van der Waals surface area contributed by atoms with Crippen molar-refractivity contribution in [1.82, 2.24) is 4.90 Å². The summed E-state index contributed by atoms with van der Waals surface area (Å²) >= 11 is 0. The zero-order chi connectivity index (χ0) is 18.4. The van der Waals surface area contributed by atoms with E-state index in [1.54, 1.807) is 0 Å². The van der Waals surface area contributed by atoms with Gasteiger partial charge in [-0.05, 0) is 49.9 Å². The van der Waals surface area contributed by atoms with E-state index in [2.05, 4.69) is 71.1 Å². The standard InChI is InChI=1S/C20H36N2OSi/c1-17(22(5)16-21)15-19(23-24(6,7)20(2,3)4)14-13-18-11-9-8-10-12-18/h8-12,16-17,19,21H,13-15H2,1-7H3/t17-,19-/m0/s1. The molecule has 4 heteroatoms. The molecule has 1 aromatic rings. The third-order valence-corrected chi connectivity index (χ3v) is 9.90. The van der Waals surface area contributed by atoms with Gasteiger partial charge < -0.3 is 9.33 Å². The Morgan fingerprint density at radius 1 is 1.21 bits per heavy atom. The molecule has 0 aliphatic heterocycles. The van der Waals surface area contributed by atoms with Crippen LogP contribution in [0.4, 0.5) is 0 Å². The predicted molar refractivity (Wildman–Crippen MR) is 107 cm³/mol. The van der Waals surface area contributed by atoms with Crippen LogP contribution in [0.25, 0.3) is 0 Å². The Kier molecular flexibility index (Phi) is 7.68. The van der Waals surface area contributed by atoms with Crippen LogP contribution in [0.2, 0.25) is 18.1 Å². The lowest BCUT2D eigenvalue weighted by atomic mass is 10.0. The molecule has 3 nitrogen and oxygen atoms in total. The van der Waals surface area contributed by atoms with E-state index in [1.807, 2.05) is 11.9 Å². The molecule has 1 aromatic carbocycles. The molecule has 0 bridgehead atoms. The van der Waals surface area contributed by atoms with E-state index in [0.717, 1.165) is 19.3 Å². The van der Waals surface area contributed by atoms with Gasteiger partial charge in [0.05, 0.1) is 6.34 Å². The third-order valence-electron chi connectivity index (χ3n) is 5.37. The fraction of sp³-hybridized carbons (Fsp3) is 0.650. The monoisotopic (exact) mass is 348 g/mol. The van der Waals surface area contributed by atoms with Crippen LogP contribution >= 0.6 is 0 Å². The number of aryl methyl sites for hydroxylation is 1. The van der Waals surface area contributed by atoms with Gasteiger partial charge in [0.25, 0.3) is 0 Å². The normalized spacial score (nSPS) is 15.0. The highest BCUT2D eigenvalue weighted by molar-refractivity contribution is 6.74. The first-order valence-corrected chi connectivity index (χ1v) is 11.9. The van der Waals surface area contributed by atoms with E-state index in [9.17, 15) is 0 Å². The largest absolute Gasteiger partial charge is 0.414 e. The van der Waals surface area contributed by atoms with Crippen LogP contribution in [0, 0.1) is 5.41 Å². The molecule has 0 aromatic heterocycles. The quantitative estimate of drug-likeness (QED) is 0.372. The van der Waals surface area contributed by atoms with Gasteiger partial charge in [-0.25, -0.2) is 0 Å². The highest BCUT2D eigenvalue weighted by Crippen LogP contribution is 2.38. The molecule has 0 saturated heterocycles. The van der Waals surface area contributed by atoms with Crippen molar-refractivity contribution in [3.63, 3.8) is 0 Å². The molecule has 0 radical (unpaired) electrons. The Balaban J connectivity index is 2.80. The number of hydrogen-bond acceptors (Lipinski definition) is 2. The number of benzene rings is 1. The lowest BCUT2D eigenvalue weighted by Crippen LogP contribution is -2.45. The van der Waals surface area contributed by atoms with Crippen LogP contribution in [0.15, 0.2) is 30.3 Å². The van der Waals surface area contributed by atoms with Gasteiger partial charge in [0, 0.05) is 19.2 Å². The van der Waals surface area contributed by atoms with Crippen molar-refractivity contribution < 1.29 is 4.43 Å². The maximum atomic E-state index is 7.47. The smallest absolute Gasteiger partial charge is 0.192 e. The minimum absolute atomic E-state index is 0.217. The molecule has 0 aliphatic carbocycles. The van der Waals surface area contributed by atoms with Crippen molar-refractivity contribution in [3.05, 3.63) is 35.9 Å². The topological polar surface area (TPSA) is 36.3 Å². The minimum atomic E-state index is -1.79. The molecule has 0 heterocycles. The Morgan fingerprint density at radius 2 is 1.79 bits per heavy atom. The molecule has 1 N–H and O–H groups in total. The maximum Gasteiger partial charge on any atom is 0.192 e. The molecule has 2 atom stereocenters. The van der Waals surface area contributed by atoms with E-state index < -0.39 is 8.32 Å². The van der Waals surface area contributed by atoms with Crippen LogP contribution in [-0.4, -0.2) is 38.7 Å². The van der Waals surface area contributed by atoms with E-state index in [-0.39, 0.29) is 11.1 Å². The molecule has 136 valence electrons. The van der Waals surface area contributed by atoms with Crippen LogP contribution in [0.5, 0.6) is 0 Å². The molecule has 0 fully saturated rings. The van der Waals surface area contributed by atoms with Gasteiger partial charge in [-0.2, -0.15) is 0 Å². The SMILES string of the molecule is C[C@@H](C[C@H](CCc1ccccc1)O[Si](C)(C)C(C)(C)C)N(C)C=N. The fourth-order valence-corrected chi connectivity index (χ4v) is 3.87. The first kappa shape index (κ1) is 20.9. The van der Waals surface area contributed by atoms with Crippen molar-refractivity contribution in [3.8, 4) is 0 Å². The van der Waals surface area contributed by atoms with E-state index in [0.29, 0.717) is 6.04 Å². The van der Waals surface area contributed by atoms with Crippen molar-refractivity contribution in [1.29, 1.82) is 5.41 Å². The van der Waals surface area contributed by atoms with Gasteiger partial charge in [0.2, 0.25) is 0 Å². The molecule has 0 unspecified atom stereocenters. The summed E-state index contributed by atoms with van der Waals surface area (Å²) in [6.45, 7) is 13.7. The summed E-state index contributed by atoms with van der Waals surface area (Å²) in [6, 6.07) is 11.0. The summed E-state index contributed by atoms with van der Waals surface area (Å²) in [6.07, 6.45) is 4.69. The minimum Gasteiger partial charge on any atom is -0.414 e. The van der Waals surface area contributed by atoms with Gasteiger partial charge in [-0.15, -0.1) is 0 Å². The zero-order valence-corrected chi connectivity index (χ0v) is 17.6. The van der Waals surface area contributed by atoms with E-state index >= 15 is 0 Å². The second kappa shape index (κ2) is 8.81. The van der Waals surface area contributed by atoms with Crippen molar-refractivity contribution in [2.24, 2.45) is 0 Å². The summed E-state index contributed by atoms with van der Waals surface area (Å²) in [5, 5.41) is 7.68. The summed E-state index contributed by atoms with van der Waals surface area (Å²) in [4.78, 5) is 1.96. The molecule has 0 amide bonds. The second-order valence-corrected chi connectivity index (χ2v) is 13.2. The third kappa shape index (κ3) is 6.40. The molecule has 0 saturated carbocycles. The van der Waals surface area contributed by atoms with Gasteiger partial charge in [-0.1, -0.05) is 51.1 Å². The first-order valence-electron chi connectivity index (χ1n) is 9.01. The summed E-state index contributed by atoms with van der Waals surface area (Å²) < 4.78 is 6.73. The molecule has 0 aliphatic rings. The lowest BCUT2D eigenvalue weighted by Gasteiger charge is -2.40. The van der Waals surface area contributed by atoms with E-state index in [4.69, 9.17) is 9.84 Å². The predicted octanol–water partition coefficient (Wildman–Crippen LogP) is 5.33. The van der Waals surface area contributed by atoms with Gasteiger partial charge in [0.1, 0.15) is 0 Å². The Labute approximate surface area is 150 Å². The Hall–Kier alpha value is -1.13. The van der Waals surface area contributed by atoms with Crippen LogP contribution < -0.4 is 0 Å². The van der Waals surface area contributed by atoms with Gasteiger partial charge in [-0.3, -0.25) is 5.41 Å². The molecule has 1 rings (SSSR count). The van der Waals surface area contributed by atoms with E-state index in [1.165, 1.54) is 11.9 Å². The molecular formula is C20H36N2OSi. The maximum absolute atomic E-state index is 7.47. The number of nitrogens with zero attached hydrogens (tertiary/aromatic N) is 1. The van der Waals surface area contributed by atoms with Crippen LogP contribution in [0.1, 0.15) is 46.1 Å². The molecule has 24 heavy (non-hydrogen) atoms. The fourth-order valence-electron chi connectivity index (χ4n) is 2.46. The molecule has 0 spiro atoms. The van der Waals surface area contributed by atoms with Gasteiger partial charge >= 0.3 is 0 Å². The number of hydrogen-bond donors (Lipinski definition) is 1. The molecular weight excluding hydrogens is 312 g/mol. The van der Waals surface area contributed by atoms with Crippen molar-refractivity contribution in [2.45, 2.75) is 77.2 Å². The average Bonchev–Trinajstić information content (AvgIpc) is 2.51. The Morgan fingerprint density at radius 3 is 2.29 bits per heavy atom. The second-order valence-electron chi connectivity index (χ2n) is 8.40. The summed E-state index contributed by atoms with van der Waals surface area (Å²) in [5.74, 6) is 0. The van der Waals surface area contributed by atoms with Crippen molar-refractivity contribution in [2.75, 3.05) is 7.05 Å². The highest BCUT2D eigenvalue weighted by atomic mass is 28.4. The average molecular weight is 349 g/mol. The van der Waals surface area contributed by atoms with Crippen molar-refractivity contribution >= 4 is 14.7 Å². The van der Waals surface area contributed by atoms with Crippen LogP contribution in [0.3, 0.4) is 0 Å². The summed E-state index contributed by atoms with van der Waals surface area (Å²) in [7, 11) is 0.177. The number of rotatable bonds is 9. The Bertz CT molecular complexity index is 496. The highest BCUT2D eigenvalue weighted by Gasteiger charge is 2.39. The van der Waals surface area contributed by atoms with Crippen LogP contribution in [-0.2, 0) is 10.8 Å². The first-order chi connectivity index (χ1) is 11.1. The zero-order valence-electron chi connectivity index (χ0n) is 16.6. The van der Waals surface area contributed by atoms with Gasteiger partial charge in [0.15, 0.2) is 8.32 Å². The summed E-state index contributed by atoms with van der Waals surface area (Å²) in [5.41, 5.74) is 1.37. The number of nitrogens with one attached hydrogen (secondary N) is 1.